The summed E-state index contributed by atoms with van der Waals surface area (Å²) in [6, 6.07) is 15.0. The second kappa shape index (κ2) is 9.09. The summed E-state index contributed by atoms with van der Waals surface area (Å²) in [6.45, 7) is 1.72. The van der Waals surface area contributed by atoms with Crippen LogP contribution in [0, 0.1) is 5.82 Å². The average Bonchev–Trinajstić information content (AvgIpc) is 3.17. The van der Waals surface area contributed by atoms with Crippen LogP contribution in [0.5, 0.6) is 0 Å². The molecule has 0 aliphatic carbocycles. The first-order chi connectivity index (χ1) is 16.0. The molecule has 0 fully saturated rings. The first-order valence-corrected chi connectivity index (χ1v) is 12.3. The quantitative estimate of drug-likeness (QED) is 0.341. The minimum absolute atomic E-state index is 0.0655. The second-order valence-electron chi connectivity index (χ2n) is 7.89. The molecular formula is C24H21FN4O2S2. The predicted molar refractivity (Wildman–Crippen MR) is 131 cm³/mol. The van der Waals surface area contributed by atoms with Crippen LogP contribution in [0.25, 0.3) is 15.9 Å². The highest BCUT2D eigenvalue weighted by Crippen LogP contribution is 2.34. The van der Waals surface area contributed by atoms with Crippen molar-refractivity contribution in [2.24, 2.45) is 0 Å². The topological polar surface area (TPSA) is 67.2 Å². The highest BCUT2D eigenvalue weighted by atomic mass is 32.2. The van der Waals surface area contributed by atoms with Gasteiger partial charge in [-0.3, -0.25) is 14.2 Å². The number of halogens is 1. The van der Waals surface area contributed by atoms with Crippen molar-refractivity contribution in [3.05, 3.63) is 81.2 Å². The maximum Gasteiger partial charge on any atom is 0.267 e. The molecule has 1 aliphatic rings. The van der Waals surface area contributed by atoms with Crippen molar-refractivity contribution in [2.75, 3.05) is 24.7 Å². The van der Waals surface area contributed by atoms with Gasteiger partial charge in [0.05, 0.1) is 16.8 Å². The molecule has 0 spiro atoms. The lowest BCUT2D eigenvalue weighted by atomic mass is 10.1. The van der Waals surface area contributed by atoms with Crippen molar-refractivity contribution in [2.45, 2.75) is 18.1 Å². The van der Waals surface area contributed by atoms with Gasteiger partial charge >= 0.3 is 0 Å². The molecule has 3 heterocycles. The number of aromatic nitrogens is 2. The average molecular weight is 481 g/mol. The normalized spacial score (nSPS) is 13.8. The first kappa shape index (κ1) is 21.8. The number of carbonyl (C=O) groups is 1. The van der Waals surface area contributed by atoms with Crippen molar-refractivity contribution in [1.29, 1.82) is 0 Å². The van der Waals surface area contributed by atoms with E-state index in [1.54, 1.807) is 15.9 Å². The molecule has 6 nitrogen and oxygen atoms in total. The molecule has 0 bridgehead atoms. The molecule has 168 valence electrons. The molecule has 4 aromatic rings. The van der Waals surface area contributed by atoms with Gasteiger partial charge in [-0.1, -0.05) is 30.0 Å². The van der Waals surface area contributed by atoms with E-state index in [1.807, 2.05) is 30.3 Å². The van der Waals surface area contributed by atoms with Gasteiger partial charge in [-0.2, -0.15) is 0 Å². The lowest BCUT2D eigenvalue weighted by Crippen LogP contribution is -2.27. The van der Waals surface area contributed by atoms with E-state index in [1.165, 1.54) is 40.9 Å². The zero-order chi connectivity index (χ0) is 22.9. The molecule has 0 atom stereocenters. The van der Waals surface area contributed by atoms with Gasteiger partial charge in [0, 0.05) is 23.7 Å². The number of thiophene rings is 1. The van der Waals surface area contributed by atoms with Gasteiger partial charge in [-0.05, 0) is 55.4 Å². The standard InChI is InChI=1S/C24H21FN4O2S2/c1-28-12-11-18-19(13-28)33-22-21(18)23(31)29(17-5-3-2-4-6-17)24(27-22)32-14-20(30)26-16-9-7-15(25)8-10-16/h2-10H,11-14H2,1H3,(H,26,30). The van der Waals surface area contributed by atoms with E-state index < -0.39 is 0 Å². The third-order valence-electron chi connectivity index (χ3n) is 5.51. The lowest BCUT2D eigenvalue weighted by Gasteiger charge is -2.21. The van der Waals surface area contributed by atoms with Crippen molar-refractivity contribution in [1.82, 2.24) is 14.5 Å². The lowest BCUT2D eigenvalue weighted by molar-refractivity contribution is -0.113. The summed E-state index contributed by atoms with van der Waals surface area (Å²) >= 11 is 2.77. The summed E-state index contributed by atoms with van der Waals surface area (Å²) in [6.07, 6.45) is 0.824. The monoisotopic (exact) mass is 480 g/mol. The van der Waals surface area contributed by atoms with Gasteiger partial charge in [-0.15, -0.1) is 11.3 Å². The number of hydrogen-bond donors (Lipinski definition) is 1. The first-order valence-electron chi connectivity index (χ1n) is 10.5. The molecule has 5 rings (SSSR count). The van der Waals surface area contributed by atoms with E-state index in [0.717, 1.165) is 25.1 Å². The number of nitrogens with zero attached hydrogens (tertiary/aromatic N) is 3. The Kier molecular flexibility index (Phi) is 6.01. The molecule has 1 N–H and O–H groups in total. The fourth-order valence-corrected chi connectivity index (χ4v) is 6.07. The zero-order valence-corrected chi connectivity index (χ0v) is 19.5. The summed E-state index contributed by atoms with van der Waals surface area (Å²) in [7, 11) is 2.07. The summed E-state index contributed by atoms with van der Waals surface area (Å²) in [5.41, 5.74) is 2.22. The zero-order valence-electron chi connectivity index (χ0n) is 17.9. The van der Waals surface area contributed by atoms with Gasteiger partial charge in [0.25, 0.3) is 5.56 Å². The Morgan fingerprint density at radius 2 is 1.94 bits per heavy atom. The molecular weight excluding hydrogens is 459 g/mol. The van der Waals surface area contributed by atoms with Crippen molar-refractivity contribution in [3.8, 4) is 5.69 Å². The largest absolute Gasteiger partial charge is 0.325 e. The third-order valence-corrected chi connectivity index (χ3v) is 7.56. The summed E-state index contributed by atoms with van der Waals surface area (Å²) < 4.78 is 14.7. The van der Waals surface area contributed by atoms with Crippen LogP contribution in [0.1, 0.15) is 10.4 Å². The molecule has 1 amide bonds. The Bertz CT molecular complexity index is 1380. The molecule has 2 aromatic heterocycles. The summed E-state index contributed by atoms with van der Waals surface area (Å²) in [4.78, 5) is 35.2. The number of hydrogen-bond acceptors (Lipinski definition) is 6. The number of benzene rings is 2. The number of rotatable bonds is 5. The van der Waals surface area contributed by atoms with E-state index in [4.69, 9.17) is 4.98 Å². The number of amides is 1. The van der Waals surface area contributed by atoms with Crippen LogP contribution in [0.4, 0.5) is 10.1 Å². The highest BCUT2D eigenvalue weighted by Gasteiger charge is 2.24. The van der Waals surface area contributed by atoms with Crippen molar-refractivity contribution < 1.29 is 9.18 Å². The Labute approximate surface area is 198 Å². The molecule has 33 heavy (non-hydrogen) atoms. The van der Waals surface area contributed by atoms with Crippen LogP contribution < -0.4 is 10.9 Å². The van der Waals surface area contributed by atoms with Crippen LogP contribution >= 0.6 is 23.1 Å². The van der Waals surface area contributed by atoms with E-state index in [9.17, 15) is 14.0 Å². The van der Waals surface area contributed by atoms with Crippen molar-refractivity contribution >= 4 is 44.9 Å². The molecule has 0 saturated carbocycles. The smallest absolute Gasteiger partial charge is 0.267 e. The molecule has 0 unspecified atom stereocenters. The van der Waals surface area contributed by atoms with Crippen LogP contribution in [0.15, 0.2) is 64.5 Å². The van der Waals surface area contributed by atoms with Crippen LogP contribution in [-0.4, -0.2) is 39.7 Å². The Hall–Kier alpha value is -3.01. The molecule has 2 aromatic carbocycles. The van der Waals surface area contributed by atoms with Crippen LogP contribution in [-0.2, 0) is 17.8 Å². The number of thioether (sulfide) groups is 1. The fraction of sp³-hybridized carbons (Fsp3) is 0.208. The second-order valence-corrected chi connectivity index (χ2v) is 9.91. The van der Waals surface area contributed by atoms with Crippen LogP contribution in [0.3, 0.4) is 0 Å². The molecule has 1 aliphatic heterocycles. The molecule has 9 heteroatoms. The van der Waals surface area contributed by atoms with E-state index in [0.29, 0.717) is 26.7 Å². The van der Waals surface area contributed by atoms with Gasteiger partial charge in [0.1, 0.15) is 10.6 Å². The van der Waals surface area contributed by atoms with Crippen molar-refractivity contribution in [3.63, 3.8) is 0 Å². The Morgan fingerprint density at radius 1 is 1.18 bits per heavy atom. The number of para-hydroxylation sites is 1. The van der Waals surface area contributed by atoms with Gasteiger partial charge in [-0.25, -0.2) is 9.37 Å². The minimum Gasteiger partial charge on any atom is -0.325 e. The number of fused-ring (bicyclic) bond motifs is 3. The number of likely N-dealkylation sites (N-methyl/N-ethyl adjacent to an activating group) is 1. The highest BCUT2D eigenvalue weighted by molar-refractivity contribution is 7.99. The van der Waals surface area contributed by atoms with Crippen LogP contribution in [0.2, 0.25) is 0 Å². The van der Waals surface area contributed by atoms with Gasteiger partial charge in [0.15, 0.2) is 5.16 Å². The third kappa shape index (κ3) is 4.44. The van der Waals surface area contributed by atoms with Gasteiger partial charge < -0.3 is 10.2 Å². The maximum absolute atomic E-state index is 13.7. The fourth-order valence-electron chi connectivity index (χ4n) is 3.91. The Balaban J connectivity index is 1.51. The van der Waals surface area contributed by atoms with E-state index >= 15 is 0 Å². The summed E-state index contributed by atoms with van der Waals surface area (Å²) in [5, 5.41) is 3.91. The number of carbonyl (C=O) groups excluding carboxylic acids is 1. The molecule has 0 saturated heterocycles. The van der Waals surface area contributed by atoms with Gasteiger partial charge in [0.2, 0.25) is 5.91 Å². The number of anilines is 1. The summed E-state index contributed by atoms with van der Waals surface area (Å²) in [5.74, 6) is -0.556. The van der Waals surface area contributed by atoms with E-state index in [-0.39, 0.29) is 23.0 Å². The predicted octanol–water partition coefficient (Wildman–Crippen LogP) is 4.31. The Morgan fingerprint density at radius 3 is 2.70 bits per heavy atom. The number of nitrogens with one attached hydrogen (secondary N) is 1. The maximum atomic E-state index is 13.7. The minimum atomic E-state index is -0.364. The molecule has 0 radical (unpaired) electrons. The SMILES string of the molecule is CN1CCc2c(sc3nc(SCC(=O)Nc4ccc(F)cc4)n(-c4ccccc4)c(=O)c23)C1. The van der Waals surface area contributed by atoms with E-state index in [2.05, 4.69) is 17.3 Å².